The molecule has 5 heteroatoms. The first-order valence-electron chi connectivity index (χ1n) is 6.35. The number of rotatable bonds is 5. The van der Waals surface area contributed by atoms with Crippen LogP contribution in [0.15, 0.2) is 4.52 Å². The third-order valence-corrected chi connectivity index (χ3v) is 3.91. The van der Waals surface area contributed by atoms with E-state index in [4.69, 9.17) is 4.52 Å². The average molecular weight is 272 g/mol. The van der Waals surface area contributed by atoms with Gasteiger partial charge in [0.1, 0.15) is 0 Å². The van der Waals surface area contributed by atoms with Gasteiger partial charge in [-0.15, -0.1) is 11.8 Å². The third kappa shape index (κ3) is 4.61. The Hall–Kier alpha value is -0.550. The fourth-order valence-corrected chi connectivity index (χ4v) is 2.47. The molecule has 1 heterocycles. The predicted molar refractivity (Wildman–Crippen MR) is 74.6 cm³/mol. The van der Waals surface area contributed by atoms with Gasteiger partial charge >= 0.3 is 0 Å². The molecule has 0 fully saturated rings. The van der Waals surface area contributed by atoms with Gasteiger partial charge in [-0.05, 0) is 12.8 Å². The van der Waals surface area contributed by atoms with Crippen molar-refractivity contribution in [2.45, 2.75) is 64.1 Å². The molecule has 0 saturated heterocycles. The summed E-state index contributed by atoms with van der Waals surface area (Å²) in [5.74, 6) is 2.16. The molecule has 0 amide bonds. The maximum absolute atomic E-state index is 9.77. The van der Waals surface area contributed by atoms with E-state index in [-0.39, 0.29) is 16.6 Å². The second-order valence-corrected chi connectivity index (χ2v) is 7.76. The molecule has 0 radical (unpaired) electrons. The van der Waals surface area contributed by atoms with Crippen molar-refractivity contribution in [1.82, 2.24) is 10.1 Å². The minimum atomic E-state index is -0.478. The van der Waals surface area contributed by atoms with Gasteiger partial charge in [-0.1, -0.05) is 39.8 Å². The van der Waals surface area contributed by atoms with Crippen molar-refractivity contribution in [1.29, 1.82) is 0 Å². The third-order valence-electron chi connectivity index (χ3n) is 2.64. The maximum atomic E-state index is 9.77. The average Bonchev–Trinajstić information content (AvgIpc) is 2.61. The molecule has 2 unspecified atom stereocenters. The highest BCUT2D eigenvalue weighted by molar-refractivity contribution is 7.99. The highest BCUT2D eigenvalue weighted by Crippen LogP contribution is 2.29. The SMILES string of the molecule is CC(C)C(c1nc(CSC(C)(C)C)no1)C(C)O. The zero-order valence-corrected chi connectivity index (χ0v) is 12.9. The van der Waals surface area contributed by atoms with Gasteiger partial charge in [0.25, 0.3) is 0 Å². The van der Waals surface area contributed by atoms with Gasteiger partial charge in [0, 0.05) is 4.75 Å². The highest BCUT2D eigenvalue weighted by atomic mass is 32.2. The van der Waals surface area contributed by atoms with Crippen molar-refractivity contribution in [2.75, 3.05) is 0 Å². The zero-order chi connectivity index (χ0) is 13.9. The van der Waals surface area contributed by atoms with E-state index >= 15 is 0 Å². The summed E-state index contributed by atoms with van der Waals surface area (Å²) in [4.78, 5) is 4.40. The van der Waals surface area contributed by atoms with E-state index in [2.05, 4.69) is 30.9 Å². The molecule has 1 rings (SSSR count). The molecule has 0 spiro atoms. The first kappa shape index (κ1) is 15.5. The summed E-state index contributed by atoms with van der Waals surface area (Å²) in [5.41, 5.74) is 0. The van der Waals surface area contributed by atoms with Gasteiger partial charge in [-0.3, -0.25) is 0 Å². The summed E-state index contributed by atoms with van der Waals surface area (Å²) in [6.07, 6.45) is -0.478. The van der Waals surface area contributed by atoms with Crippen LogP contribution < -0.4 is 0 Å². The number of thioether (sulfide) groups is 1. The number of nitrogens with zero attached hydrogens (tertiary/aromatic N) is 2. The first-order chi connectivity index (χ1) is 8.20. The van der Waals surface area contributed by atoms with Crippen LogP contribution in [-0.4, -0.2) is 26.1 Å². The number of aromatic nitrogens is 2. The van der Waals surface area contributed by atoms with Gasteiger partial charge in [-0.2, -0.15) is 4.98 Å². The molecule has 2 atom stereocenters. The summed E-state index contributed by atoms with van der Waals surface area (Å²) >= 11 is 1.78. The van der Waals surface area contributed by atoms with E-state index in [1.54, 1.807) is 18.7 Å². The largest absolute Gasteiger partial charge is 0.393 e. The summed E-state index contributed by atoms with van der Waals surface area (Å²) < 4.78 is 5.46. The topological polar surface area (TPSA) is 59.2 Å². The smallest absolute Gasteiger partial charge is 0.232 e. The lowest BCUT2D eigenvalue weighted by Gasteiger charge is -2.19. The standard InChI is InChI=1S/C13H24N2O2S/c1-8(2)11(9(3)16)12-14-10(15-17-12)7-18-13(4,5)6/h8-9,11,16H,7H2,1-6H3. The fraction of sp³-hybridized carbons (Fsp3) is 0.846. The predicted octanol–water partition coefficient (Wildman–Crippen LogP) is 3.22. The summed E-state index contributed by atoms with van der Waals surface area (Å²) in [7, 11) is 0. The highest BCUT2D eigenvalue weighted by Gasteiger charge is 2.27. The van der Waals surface area contributed by atoms with Crippen LogP contribution in [0.3, 0.4) is 0 Å². The molecule has 0 aromatic carbocycles. The maximum Gasteiger partial charge on any atom is 0.232 e. The van der Waals surface area contributed by atoms with Crippen LogP contribution in [0.2, 0.25) is 0 Å². The van der Waals surface area contributed by atoms with E-state index in [9.17, 15) is 5.11 Å². The van der Waals surface area contributed by atoms with Gasteiger partial charge in [0.05, 0.1) is 17.8 Å². The van der Waals surface area contributed by atoms with Gasteiger partial charge in [-0.25, -0.2) is 0 Å². The van der Waals surface area contributed by atoms with Crippen molar-refractivity contribution in [3.63, 3.8) is 0 Å². The molecule has 1 aromatic rings. The zero-order valence-electron chi connectivity index (χ0n) is 12.1. The number of aliphatic hydroxyl groups is 1. The van der Waals surface area contributed by atoms with E-state index in [0.717, 1.165) is 5.75 Å². The molecule has 0 bridgehead atoms. The minimum Gasteiger partial charge on any atom is -0.393 e. The lowest BCUT2D eigenvalue weighted by atomic mass is 9.91. The Labute approximate surface area is 114 Å². The summed E-state index contributed by atoms with van der Waals surface area (Å²) in [6, 6.07) is 0. The first-order valence-corrected chi connectivity index (χ1v) is 7.34. The minimum absolute atomic E-state index is 0.0918. The summed E-state index contributed by atoms with van der Waals surface area (Å²) in [5, 5.41) is 13.8. The van der Waals surface area contributed by atoms with Crippen LogP contribution in [-0.2, 0) is 5.75 Å². The van der Waals surface area contributed by atoms with E-state index < -0.39 is 6.10 Å². The second kappa shape index (κ2) is 6.06. The quantitative estimate of drug-likeness (QED) is 0.891. The van der Waals surface area contributed by atoms with E-state index in [0.29, 0.717) is 11.7 Å². The fourth-order valence-electron chi connectivity index (χ4n) is 1.79. The van der Waals surface area contributed by atoms with E-state index in [1.807, 2.05) is 13.8 Å². The Morgan fingerprint density at radius 1 is 1.28 bits per heavy atom. The van der Waals surface area contributed by atoms with Crippen molar-refractivity contribution < 1.29 is 9.63 Å². The van der Waals surface area contributed by atoms with Crippen LogP contribution in [0.1, 0.15) is 59.2 Å². The molecule has 0 aliphatic heterocycles. The van der Waals surface area contributed by atoms with Crippen molar-refractivity contribution >= 4 is 11.8 Å². The Bertz CT molecular complexity index is 361. The van der Waals surface area contributed by atoms with Crippen LogP contribution in [0.4, 0.5) is 0 Å². The Morgan fingerprint density at radius 3 is 2.33 bits per heavy atom. The van der Waals surface area contributed by atoms with Crippen LogP contribution in [0.5, 0.6) is 0 Å². The molecule has 104 valence electrons. The molecular weight excluding hydrogens is 248 g/mol. The molecule has 4 nitrogen and oxygen atoms in total. The monoisotopic (exact) mass is 272 g/mol. The van der Waals surface area contributed by atoms with Crippen LogP contribution in [0.25, 0.3) is 0 Å². The van der Waals surface area contributed by atoms with Crippen molar-refractivity contribution in [3.05, 3.63) is 11.7 Å². The molecule has 0 saturated carbocycles. The lowest BCUT2D eigenvalue weighted by molar-refractivity contribution is 0.120. The molecule has 0 aliphatic rings. The van der Waals surface area contributed by atoms with Gasteiger partial charge in [0.2, 0.25) is 5.89 Å². The number of aliphatic hydroxyl groups excluding tert-OH is 1. The van der Waals surface area contributed by atoms with Crippen molar-refractivity contribution in [2.24, 2.45) is 5.92 Å². The Morgan fingerprint density at radius 2 is 1.89 bits per heavy atom. The summed E-state index contributed by atoms with van der Waals surface area (Å²) in [6.45, 7) is 12.3. The molecular formula is C13H24N2O2S. The Balaban J connectivity index is 2.73. The molecule has 1 N–H and O–H groups in total. The number of hydrogen-bond donors (Lipinski definition) is 1. The second-order valence-electron chi connectivity index (χ2n) is 5.96. The van der Waals surface area contributed by atoms with Gasteiger partial charge in [0.15, 0.2) is 5.82 Å². The van der Waals surface area contributed by atoms with Crippen LogP contribution >= 0.6 is 11.8 Å². The molecule has 1 aromatic heterocycles. The van der Waals surface area contributed by atoms with Crippen LogP contribution in [0, 0.1) is 5.92 Å². The molecule has 0 aliphatic carbocycles. The normalized spacial score (nSPS) is 16.0. The van der Waals surface area contributed by atoms with Crippen molar-refractivity contribution in [3.8, 4) is 0 Å². The number of hydrogen-bond acceptors (Lipinski definition) is 5. The molecule has 18 heavy (non-hydrogen) atoms. The Kier molecular flexibility index (Phi) is 5.22. The lowest BCUT2D eigenvalue weighted by Crippen LogP contribution is -2.20. The van der Waals surface area contributed by atoms with Gasteiger partial charge < -0.3 is 9.63 Å². The van der Waals surface area contributed by atoms with E-state index in [1.165, 1.54) is 0 Å².